The van der Waals surface area contributed by atoms with E-state index in [-0.39, 0.29) is 5.82 Å². The van der Waals surface area contributed by atoms with Gasteiger partial charge in [-0.3, -0.25) is 0 Å². The first kappa shape index (κ1) is 10.4. The van der Waals surface area contributed by atoms with E-state index in [1.54, 1.807) is 6.07 Å². The third-order valence-corrected chi connectivity index (χ3v) is 3.76. The van der Waals surface area contributed by atoms with E-state index in [1.807, 2.05) is 0 Å². The molecular formula is C11H12BrFN2O. The highest BCUT2D eigenvalue weighted by molar-refractivity contribution is 9.10. The molecule has 2 aliphatic rings. The summed E-state index contributed by atoms with van der Waals surface area (Å²) in [5, 5.41) is 6.67. The van der Waals surface area contributed by atoms with Crippen LogP contribution >= 0.6 is 15.9 Å². The smallest absolute Gasteiger partial charge is 0.139 e. The molecule has 0 saturated carbocycles. The predicted molar refractivity (Wildman–Crippen MR) is 64.3 cm³/mol. The molecule has 2 heterocycles. The molecule has 1 aromatic rings. The standard InChI is InChI=1S/C11H12BrFN2O/c12-7-1-10-9(2-8(7)13)14-3-6-4-16-5-11(6)15-10/h1-2,6,11,14-15H,3-5H2. The Morgan fingerprint density at radius 2 is 2.19 bits per heavy atom. The van der Waals surface area contributed by atoms with Crippen molar-refractivity contribution < 1.29 is 9.13 Å². The monoisotopic (exact) mass is 286 g/mol. The molecule has 1 saturated heterocycles. The molecule has 0 amide bonds. The van der Waals surface area contributed by atoms with E-state index in [0.29, 0.717) is 16.4 Å². The fourth-order valence-electron chi connectivity index (χ4n) is 2.21. The number of ether oxygens (including phenoxy) is 1. The molecule has 2 aliphatic heterocycles. The van der Waals surface area contributed by atoms with E-state index in [4.69, 9.17) is 4.74 Å². The Kier molecular flexibility index (Phi) is 2.52. The fraction of sp³-hybridized carbons (Fsp3) is 0.455. The molecule has 0 aromatic heterocycles. The lowest BCUT2D eigenvalue weighted by Crippen LogP contribution is -2.29. The molecule has 3 rings (SSSR count). The molecule has 86 valence electrons. The van der Waals surface area contributed by atoms with E-state index >= 15 is 0 Å². The molecule has 2 N–H and O–H groups in total. The lowest BCUT2D eigenvalue weighted by Gasteiger charge is -2.15. The molecule has 0 aliphatic carbocycles. The van der Waals surface area contributed by atoms with E-state index in [1.165, 1.54) is 6.07 Å². The predicted octanol–water partition coefficient (Wildman–Crippen LogP) is 2.44. The number of hydrogen-bond donors (Lipinski definition) is 2. The summed E-state index contributed by atoms with van der Waals surface area (Å²) in [5.41, 5.74) is 1.77. The second kappa shape index (κ2) is 3.89. The van der Waals surface area contributed by atoms with Crippen LogP contribution in [0.3, 0.4) is 0 Å². The fourth-order valence-corrected chi connectivity index (χ4v) is 2.56. The Bertz CT molecular complexity index is 427. The largest absolute Gasteiger partial charge is 0.383 e. The number of fused-ring (bicyclic) bond motifs is 2. The zero-order valence-corrected chi connectivity index (χ0v) is 10.2. The summed E-state index contributed by atoms with van der Waals surface area (Å²) >= 11 is 3.20. The van der Waals surface area contributed by atoms with Crippen LogP contribution in [0.2, 0.25) is 0 Å². The van der Waals surface area contributed by atoms with Crippen LogP contribution in [-0.2, 0) is 4.74 Å². The van der Waals surface area contributed by atoms with Crippen LogP contribution in [0.15, 0.2) is 16.6 Å². The molecule has 0 bridgehead atoms. The Hall–Kier alpha value is -0.810. The summed E-state index contributed by atoms with van der Waals surface area (Å²) in [7, 11) is 0. The van der Waals surface area contributed by atoms with Crippen molar-refractivity contribution in [1.82, 2.24) is 0 Å². The van der Waals surface area contributed by atoms with Crippen LogP contribution in [0.4, 0.5) is 15.8 Å². The average molecular weight is 287 g/mol. The Morgan fingerprint density at radius 3 is 3.06 bits per heavy atom. The molecule has 2 unspecified atom stereocenters. The number of halogens is 2. The van der Waals surface area contributed by atoms with Crippen molar-refractivity contribution in [1.29, 1.82) is 0 Å². The van der Waals surface area contributed by atoms with E-state index in [0.717, 1.165) is 31.1 Å². The van der Waals surface area contributed by atoms with Gasteiger partial charge in [0.05, 0.1) is 35.1 Å². The third-order valence-electron chi connectivity index (χ3n) is 3.15. The van der Waals surface area contributed by atoms with Gasteiger partial charge < -0.3 is 15.4 Å². The van der Waals surface area contributed by atoms with Crippen LogP contribution in [0.5, 0.6) is 0 Å². The van der Waals surface area contributed by atoms with E-state index < -0.39 is 0 Å². The van der Waals surface area contributed by atoms with Gasteiger partial charge in [0.15, 0.2) is 0 Å². The molecule has 5 heteroatoms. The number of hydrogen-bond acceptors (Lipinski definition) is 3. The highest BCUT2D eigenvalue weighted by atomic mass is 79.9. The SMILES string of the molecule is Fc1cc2c(cc1Br)NC1COCC1CN2. The second-order valence-corrected chi connectivity index (χ2v) is 5.10. The maximum atomic E-state index is 13.4. The Balaban J connectivity index is 1.97. The molecule has 1 fully saturated rings. The zero-order chi connectivity index (χ0) is 11.1. The van der Waals surface area contributed by atoms with Gasteiger partial charge in [0.25, 0.3) is 0 Å². The van der Waals surface area contributed by atoms with Gasteiger partial charge in [-0.1, -0.05) is 0 Å². The summed E-state index contributed by atoms with van der Waals surface area (Å²) in [6.45, 7) is 2.31. The van der Waals surface area contributed by atoms with E-state index in [9.17, 15) is 4.39 Å². The molecule has 0 radical (unpaired) electrons. The number of benzene rings is 1. The minimum atomic E-state index is -0.239. The van der Waals surface area contributed by atoms with Gasteiger partial charge in [-0.15, -0.1) is 0 Å². The van der Waals surface area contributed by atoms with Gasteiger partial charge >= 0.3 is 0 Å². The summed E-state index contributed by atoms with van der Waals surface area (Å²) in [4.78, 5) is 0. The molecule has 16 heavy (non-hydrogen) atoms. The topological polar surface area (TPSA) is 33.3 Å². The minimum Gasteiger partial charge on any atom is -0.383 e. The number of anilines is 2. The minimum absolute atomic E-state index is 0.239. The molecule has 1 aromatic carbocycles. The van der Waals surface area contributed by atoms with Gasteiger partial charge in [0.1, 0.15) is 5.82 Å². The Morgan fingerprint density at radius 1 is 1.31 bits per heavy atom. The van der Waals surface area contributed by atoms with Gasteiger partial charge in [-0.2, -0.15) is 0 Å². The van der Waals surface area contributed by atoms with Crippen molar-refractivity contribution >= 4 is 27.3 Å². The normalized spacial score (nSPS) is 27.4. The van der Waals surface area contributed by atoms with Crippen molar-refractivity contribution in [2.24, 2.45) is 5.92 Å². The average Bonchev–Trinajstić information content (AvgIpc) is 2.63. The van der Waals surface area contributed by atoms with Gasteiger partial charge in [-0.05, 0) is 22.0 Å². The van der Waals surface area contributed by atoms with Crippen molar-refractivity contribution in [2.75, 3.05) is 30.4 Å². The maximum Gasteiger partial charge on any atom is 0.139 e. The van der Waals surface area contributed by atoms with Gasteiger partial charge in [0, 0.05) is 18.5 Å². The first-order valence-electron chi connectivity index (χ1n) is 5.31. The highest BCUT2D eigenvalue weighted by Crippen LogP contribution is 2.33. The van der Waals surface area contributed by atoms with Crippen LogP contribution in [-0.4, -0.2) is 25.8 Å². The number of rotatable bonds is 0. The second-order valence-electron chi connectivity index (χ2n) is 4.24. The number of nitrogens with one attached hydrogen (secondary N) is 2. The summed E-state index contributed by atoms with van der Waals surface area (Å²) in [6, 6.07) is 3.62. The molecular weight excluding hydrogens is 275 g/mol. The van der Waals surface area contributed by atoms with Crippen molar-refractivity contribution in [3.8, 4) is 0 Å². The first-order valence-corrected chi connectivity index (χ1v) is 6.10. The van der Waals surface area contributed by atoms with Crippen molar-refractivity contribution in [3.63, 3.8) is 0 Å². The molecule has 3 nitrogen and oxygen atoms in total. The van der Waals surface area contributed by atoms with Crippen LogP contribution < -0.4 is 10.6 Å². The van der Waals surface area contributed by atoms with Crippen LogP contribution in [0, 0.1) is 11.7 Å². The first-order chi connectivity index (χ1) is 7.74. The zero-order valence-electron chi connectivity index (χ0n) is 8.59. The third kappa shape index (κ3) is 1.68. The van der Waals surface area contributed by atoms with Crippen molar-refractivity contribution in [2.45, 2.75) is 6.04 Å². The van der Waals surface area contributed by atoms with Gasteiger partial charge in [-0.25, -0.2) is 4.39 Å². The van der Waals surface area contributed by atoms with Crippen LogP contribution in [0.25, 0.3) is 0 Å². The lowest BCUT2D eigenvalue weighted by atomic mass is 10.0. The quantitative estimate of drug-likeness (QED) is 0.769. The van der Waals surface area contributed by atoms with Crippen LogP contribution in [0.1, 0.15) is 0 Å². The summed E-state index contributed by atoms with van der Waals surface area (Å²) in [6.07, 6.45) is 0. The maximum absolute atomic E-state index is 13.4. The summed E-state index contributed by atoms with van der Waals surface area (Å²) in [5.74, 6) is 0.214. The highest BCUT2D eigenvalue weighted by Gasteiger charge is 2.31. The molecule has 0 spiro atoms. The Labute approximate surface area is 101 Å². The van der Waals surface area contributed by atoms with Gasteiger partial charge in [0.2, 0.25) is 0 Å². The summed E-state index contributed by atoms with van der Waals surface area (Å²) < 4.78 is 19.3. The molecule has 2 atom stereocenters. The van der Waals surface area contributed by atoms with E-state index in [2.05, 4.69) is 26.6 Å². The van der Waals surface area contributed by atoms with Crippen molar-refractivity contribution in [3.05, 3.63) is 22.4 Å². The lowest BCUT2D eigenvalue weighted by molar-refractivity contribution is 0.186.